The van der Waals surface area contributed by atoms with Gasteiger partial charge in [0.1, 0.15) is 6.54 Å². The fraction of sp³-hybridized carbons (Fsp3) is 0.769. The van der Waals surface area contributed by atoms with E-state index in [1.807, 2.05) is 4.90 Å². The molecule has 3 atom stereocenters. The smallest absolute Gasteiger partial charge is 0.246 e. The highest BCUT2D eigenvalue weighted by Gasteiger charge is 2.44. The van der Waals surface area contributed by atoms with Crippen LogP contribution < -0.4 is 0 Å². The number of hydrogen-bond donors (Lipinski definition) is 0. The van der Waals surface area contributed by atoms with E-state index in [0.29, 0.717) is 17.9 Å². The van der Waals surface area contributed by atoms with Crippen molar-refractivity contribution in [3.63, 3.8) is 0 Å². The van der Waals surface area contributed by atoms with E-state index in [4.69, 9.17) is 0 Å². The minimum absolute atomic E-state index is 0.144. The van der Waals surface area contributed by atoms with E-state index in [1.165, 1.54) is 17.6 Å². The number of hydrogen-bond acceptors (Lipinski definition) is 4. The molecule has 1 saturated carbocycles. The van der Waals surface area contributed by atoms with E-state index in [0.717, 1.165) is 13.1 Å². The molecular weight excluding hydrogens is 242 g/mol. The van der Waals surface area contributed by atoms with E-state index >= 15 is 0 Å². The third-order valence-corrected chi connectivity index (χ3v) is 4.48. The Morgan fingerprint density at radius 2 is 1.79 bits per heavy atom. The van der Waals surface area contributed by atoms with Crippen LogP contribution in [-0.4, -0.2) is 63.9 Å². The summed E-state index contributed by atoms with van der Waals surface area (Å²) in [6, 6.07) is 0.645. The summed E-state index contributed by atoms with van der Waals surface area (Å²) < 4.78 is 0. The normalized spacial score (nSPS) is 30.1. The number of amides is 1. The molecule has 2 fully saturated rings. The van der Waals surface area contributed by atoms with Gasteiger partial charge in [0.25, 0.3) is 0 Å². The summed E-state index contributed by atoms with van der Waals surface area (Å²) in [4.78, 5) is 18.1. The first-order valence-electron chi connectivity index (χ1n) is 6.93. The average Bonchev–Trinajstić information content (AvgIpc) is 2.96. The molecule has 0 N–H and O–H groups in total. The molecule has 1 aromatic heterocycles. The fourth-order valence-electron chi connectivity index (χ4n) is 3.79. The zero-order valence-electron chi connectivity index (χ0n) is 11.6. The molecule has 1 amide bonds. The molecule has 0 radical (unpaired) electrons. The molecule has 19 heavy (non-hydrogen) atoms. The van der Waals surface area contributed by atoms with Crippen molar-refractivity contribution in [3.05, 3.63) is 12.4 Å². The van der Waals surface area contributed by atoms with Gasteiger partial charge in [-0.1, -0.05) is 0 Å². The predicted octanol–water partition coefficient (Wildman–Crippen LogP) is 0.0767. The Morgan fingerprint density at radius 3 is 2.32 bits per heavy atom. The number of fused-ring (bicyclic) bond motifs is 2. The van der Waals surface area contributed by atoms with Gasteiger partial charge < -0.3 is 9.80 Å². The van der Waals surface area contributed by atoms with Crippen LogP contribution in [0.4, 0.5) is 0 Å². The molecule has 2 aliphatic rings. The highest BCUT2D eigenvalue weighted by molar-refractivity contribution is 5.76. The Balaban J connectivity index is 1.64. The molecule has 104 valence electrons. The van der Waals surface area contributed by atoms with Gasteiger partial charge in [-0.2, -0.15) is 15.0 Å². The number of rotatable bonds is 3. The van der Waals surface area contributed by atoms with Crippen molar-refractivity contribution in [1.29, 1.82) is 0 Å². The number of piperidine rings is 1. The Bertz CT molecular complexity index is 430. The van der Waals surface area contributed by atoms with E-state index in [-0.39, 0.29) is 12.5 Å². The maximum atomic E-state index is 12.3. The minimum atomic E-state index is 0.144. The second kappa shape index (κ2) is 4.92. The average molecular weight is 263 g/mol. The van der Waals surface area contributed by atoms with Crippen LogP contribution in [0.3, 0.4) is 0 Å². The van der Waals surface area contributed by atoms with Gasteiger partial charge in [0.2, 0.25) is 5.91 Å². The predicted molar refractivity (Wildman–Crippen MR) is 70.3 cm³/mol. The van der Waals surface area contributed by atoms with Crippen molar-refractivity contribution >= 4 is 5.91 Å². The van der Waals surface area contributed by atoms with Crippen molar-refractivity contribution in [2.75, 3.05) is 27.2 Å². The molecule has 0 aromatic carbocycles. The lowest BCUT2D eigenvalue weighted by atomic mass is 9.91. The monoisotopic (exact) mass is 263 g/mol. The molecular formula is C13H21N5O. The van der Waals surface area contributed by atoms with Gasteiger partial charge in [-0.3, -0.25) is 4.79 Å². The first kappa shape index (κ1) is 12.6. The lowest BCUT2D eigenvalue weighted by molar-refractivity contribution is -0.135. The van der Waals surface area contributed by atoms with Gasteiger partial charge in [-0.05, 0) is 38.8 Å². The number of carbonyl (C=O) groups is 1. The summed E-state index contributed by atoms with van der Waals surface area (Å²) >= 11 is 0. The van der Waals surface area contributed by atoms with E-state index in [1.54, 1.807) is 12.4 Å². The third kappa shape index (κ3) is 2.36. The van der Waals surface area contributed by atoms with Crippen LogP contribution in [0.2, 0.25) is 0 Å². The summed E-state index contributed by atoms with van der Waals surface area (Å²) in [6.07, 6.45) is 5.71. The van der Waals surface area contributed by atoms with Crippen LogP contribution in [0.25, 0.3) is 0 Å². The molecule has 2 heterocycles. The van der Waals surface area contributed by atoms with Gasteiger partial charge in [-0.15, -0.1) is 0 Å². The maximum Gasteiger partial charge on any atom is 0.246 e. The van der Waals surface area contributed by atoms with E-state index < -0.39 is 0 Å². The second-order valence-corrected chi connectivity index (χ2v) is 5.91. The number of nitrogens with zero attached hydrogens (tertiary/aromatic N) is 5. The summed E-state index contributed by atoms with van der Waals surface area (Å²) in [6.45, 7) is 2.04. The summed E-state index contributed by atoms with van der Waals surface area (Å²) in [7, 11) is 4.31. The Hall–Kier alpha value is -1.43. The lowest BCUT2D eigenvalue weighted by Crippen LogP contribution is -2.52. The number of carbonyl (C=O) groups excluding carboxylic acids is 1. The Labute approximate surface area is 113 Å². The molecule has 3 rings (SSSR count). The number of likely N-dealkylation sites (tertiary alicyclic amines) is 1. The zero-order valence-corrected chi connectivity index (χ0v) is 11.6. The third-order valence-electron chi connectivity index (χ3n) is 4.48. The summed E-state index contributed by atoms with van der Waals surface area (Å²) in [5.74, 6) is 1.40. The maximum absolute atomic E-state index is 12.3. The van der Waals surface area contributed by atoms with E-state index in [9.17, 15) is 4.79 Å². The van der Waals surface area contributed by atoms with Gasteiger partial charge in [-0.25, -0.2) is 0 Å². The Morgan fingerprint density at radius 1 is 1.21 bits per heavy atom. The fourth-order valence-corrected chi connectivity index (χ4v) is 3.79. The first-order valence-corrected chi connectivity index (χ1v) is 6.93. The van der Waals surface area contributed by atoms with Crippen molar-refractivity contribution in [2.24, 2.45) is 11.8 Å². The van der Waals surface area contributed by atoms with Crippen molar-refractivity contribution in [2.45, 2.75) is 25.4 Å². The van der Waals surface area contributed by atoms with Crippen molar-refractivity contribution in [3.8, 4) is 0 Å². The summed E-state index contributed by atoms with van der Waals surface area (Å²) in [5.41, 5.74) is 0. The SMILES string of the molecule is CN(C)C1[C@@H]2CC[C@H]1CN(C(=O)Cn1nccn1)C2. The van der Waals surface area contributed by atoms with Gasteiger partial charge in [0, 0.05) is 19.1 Å². The molecule has 1 aliphatic carbocycles. The topological polar surface area (TPSA) is 54.3 Å². The molecule has 1 aromatic rings. The molecule has 1 unspecified atom stereocenters. The van der Waals surface area contributed by atoms with Gasteiger partial charge >= 0.3 is 0 Å². The molecule has 1 saturated heterocycles. The van der Waals surface area contributed by atoms with Gasteiger partial charge in [0.05, 0.1) is 12.4 Å². The first-order chi connectivity index (χ1) is 9.15. The van der Waals surface area contributed by atoms with Crippen LogP contribution >= 0.6 is 0 Å². The largest absolute Gasteiger partial charge is 0.340 e. The van der Waals surface area contributed by atoms with Crippen molar-refractivity contribution < 1.29 is 4.79 Å². The van der Waals surface area contributed by atoms with Gasteiger partial charge in [0.15, 0.2) is 0 Å². The highest BCUT2D eigenvalue weighted by atomic mass is 16.2. The van der Waals surface area contributed by atoms with Crippen molar-refractivity contribution in [1.82, 2.24) is 24.8 Å². The molecule has 2 bridgehead atoms. The second-order valence-electron chi connectivity index (χ2n) is 5.91. The zero-order chi connectivity index (χ0) is 13.4. The molecule has 6 heteroatoms. The molecule has 1 aliphatic heterocycles. The van der Waals surface area contributed by atoms with Crippen LogP contribution in [0.1, 0.15) is 12.8 Å². The molecule has 6 nitrogen and oxygen atoms in total. The van der Waals surface area contributed by atoms with E-state index in [2.05, 4.69) is 29.2 Å². The Kier molecular flexibility index (Phi) is 3.26. The van der Waals surface area contributed by atoms with Crippen LogP contribution in [-0.2, 0) is 11.3 Å². The minimum Gasteiger partial charge on any atom is -0.340 e. The van der Waals surface area contributed by atoms with Crippen LogP contribution in [0, 0.1) is 11.8 Å². The summed E-state index contributed by atoms with van der Waals surface area (Å²) in [5, 5.41) is 8.00. The highest BCUT2D eigenvalue weighted by Crippen LogP contribution is 2.39. The lowest BCUT2D eigenvalue weighted by Gasteiger charge is -2.41. The molecule has 0 spiro atoms. The quantitative estimate of drug-likeness (QED) is 0.775. The standard InChI is InChI=1S/C13H21N5O/c1-16(2)13-10-3-4-11(13)8-17(7-10)12(19)9-18-14-5-6-15-18/h5-6,10-11,13H,3-4,7-9H2,1-2H3/t10-,11+,13?. The van der Waals surface area contributed by atoms with Crippen LogP contribution in [0.15, 0.2) is 12.4 Å². The number of aromatic nitrogens is 3. The van der Waals surface area contributed by atoms with Crippen LogP contribution in [0.5, 0.6) is 0 Å².